The van der Waals surface area contributed by atoms with E-state index in [0.717, 1.165) is 23.7 Å². The van der Waals surface area contributed by atoms with E-state index in [-0.39, 0.29) is 36.8 Å². The number of nitrogens with one attached hydrogen (secondary N) is 2. The lowest BCUT2D eigenvalue weighted by atomic mass is 9.84. The van der Waals surface area contributed by atoms with E-state index in [1.165, 1.54) is 49.6 Å². The van der Waals surface area contributed by atoms with Crippen LogP contribution in [-0.2, 0) is 19.6 Å². The topological polar surface area (TPSA) is 102 Å². The summed E-state index contributed by atoms with van der Waals surface area (Å²) < 4.78 is 33.1. The van der Waals surface area contributed by atoms with Crippen molar-refractivity contribution in [2.24, 2.45) is 17.8 Å². The molecule has 2 aliphatic rings. The summed E-state index contributed by atoms with van der Waals surface area (Å²) in [4.78, 5) is 25.0. The molecular formula is C23H26Cl2N2O5S2. The Morgan fingerprint density at radius 3 is 2.38 bits per heavy atom. The molecule has 0 unspecified atom stereocenters. The van der Waals surface area contributed by atoms with Crippen molar-refractivity contribution in [3.8, 4) is 0 Å². The minimum absolute atomic E-state index is 0.0443. The standard InChI is InChI=1S/C23H26Cl2N2O5S2/c1-12(18-10-14-3-4-16(18)9-14)26-22(28)13(2)32-23(29)15-5-7-17(8-6-15)27-34(30,31)19-11-20(24)33-21(19)25/h5-8,11-14,16,18,27H,3-4,9-10H2,1-2H3,(H,26,28)/t12-,13-,14-,16-,18-/m0/s1. The van der Waals surface area contributed by atoms with Gasteiger partial charge in [0.2, 0.25) is 0 Å². The highest BCUT2D eigenvalue weighted by Crippen LogP contribution is 2.49. The third-order valence-corrected chi connectivity index (χ3v) is 9.88. The molecular weight excluding hydrogens is 519 g/mol. The molecule has 1 amide bonds. The Bertz CT molecular complexity index is 1180. The van der Waals surface area contributed by atoms with E-state index in [9.17, 15) is 18.0 Å². The van der Waals surface area contributed by atoms with Gasteiger partial charge in [-0.25, -0.2) is 13.2 Å². The number of anilines is 1. The largest absolute Gasteiger partial charge is 0.449 e. The lowest BCUT2D eigenvalue weighted by Crippen LogP contribution is -2.45. The van der Waals surface area contributed by atoms with Gasteiger partial charge in [0, 0.05) is 11.7 Å². The predicted molar refractivity (Wildman–Crippen MR) is 133 cm³/mol. The Hall–Kier alpha value is -1.81. The highest BCUT2D eigenvalue weighted by molar-refractivity contribution is 7.93. The number of hydrogen-bond acceptors (Lipinski definition) is 6. The molecule has 34 heavy (non-hydrogen) atoms. The summed E-state index contributed by atoms with van der Waals surface area (Å²) >= 11 is 12.7. The van der Waals surface area contributed by atoms with Crippen LogP contribution < -0.4 is 10.0 Å². The number of hydrogen-bond donors (Lipinski definition) is 2. The van der Waals surface area contributed by atoms with Gasteiger partial charge in [0.05, 0.1) is 9.90 Å². The summed E-state index contributed by atoms with van der Waals surface area (Å²) in [6.07, 6.45) is 4.00. The van der Waals surface area contributed by atoms with Crippen LogP contribution in [0.3, 0.4) is 0 Å². The minimum Gasteiger partial charge on any atom is -0.449 e. The molecule has 184 valence electrons. The van der Waals surface area contributed by atoms with Gasteiger partial charge in [-0.1, -0.05) is 29.6 Å². The van der Waals surface area contributed by atoms with E-state index in [2.05, 4.69) is 10.0 Å². The van der Waals surface area contributed by atoms with Crippen molar-refractivity contribution in [3.05, 3.63) is 44.6 Å². The number of fused-ring (bicyclic) bond motifs is 2. The summed E-state index contributed by atoms with van der Waals surface area (Å²) in [5, 5.41) is 3.01. The third-order valence-electron chi connectivity index (χ3n) is 6.75. The smallest absolute Gasteiger partial charge is 0.338 e. The number of thiophene rings is 1. The summed E-state index contributed by atoms with van der Waals surface area (Å²) in [5.41, 5.74) is 0.431. The van der Waals surface area contributed by atoms with Gasteiger partial charge in [0.1, 0.15) is 9.23 Å². The van der Waals surface area contributed by atoms with Gasteiger partial charge < -0.3 is 10.1 Å². The molecule has 0 spiro atoms. The van der Waals surface area contributed by atoms with Crippen LogP contribution in [0, 0.1) is 17.8 Å². The molecule has 2 bridgehead atoms. The van der Waals surface area contributed by atoms with E-state index in [1.807, 2.05) is 6.92 Å². The number of ether oxygens (including phenoxy) is 1. The highest BCUT2D eigenvalue weighted by atomic mass is 35.5. The molecule has 2 saturated carbocycles. The zero-order valence-electron chi connectivity index (χ0n) is 18.7. The molecule has 2 aromatic rings. The average Bonchev–Trinajstić information content (AvgIpc) is 3.49. The van der Waals surface area contributed by atoms with Crippen molar-refractivity contribution >= 4 is 62.1 Å². The normalized spacial score (nSPS) is 23.4. The molecule has 0 radical (unpaired) electrons. The first-order valence-corrected chi connectivity index (χ1v) is 14.2. The molecule has 2 fully saturated rings. The van der Waals surface area contributed by atoms with Crippen LogP contribution in [0.4, 0.5) is 5.69 Å². The van der Waals surface area contributed by atoms with E-state index in [4.69, 9.17) is 27.9 Å². The maximum absolute atomic E-state index is 12.6. The number of amides is 1. The van der Waals surface area contributed by atoms with Crippen molar-refractivity contribution in [1.29, 1.82) is 0 Å². The van der Waals surface area contributed by atoms with Crippen LogP contribution >= 0.6 is 34.5 Å². The number of carbonyl (C=O) groups excluding carboxylic acids is 2. The Kier molecular flexibility index (Phi) is 7.47. The van der Waals surface area contributed by atoms with Gasteiger partial charge in [0.25, 0.3) is 15.9 Å². The first kappa shape index (κ1) is 25.3. The average molecular weight is 546 g/mol. The predicted octanol–water partition coefficient (Wildman–Crippen LogP) is 5.34. The molecule has 2 aliphatic carbocycles. The maximum atomic E-state index is 12.6. The lowest BCUT2D eigenvalue weighted by Gasteiger charge is -2.29. The van der Waals surface area contributed by atoms with Gasteiger partial charge >= 0.3 is 5.97 Å². The van der Waals surface area contributed by atoms with Crippen molar-refractivity contribution in [1.82, 2.24) is 5.32 Å². The zero-order valence-corrected chi connectivity index (χ0v) is 21.9. The molecule has 1 aromatic carbocycles. The van der Waals surface area contributed by atoms with Crippen molar-refractivity contribution < 1.29 is 22.7 Å². The molecule has 11 heteroatoms. The molecule has 0 aliphatic heterocycles. The zero-order chi connectivity index (χ0) is 24.6. The Balaban J connectivity index is 1.31. The lowest BCUT2D eigenvalue weighted by molar-refractivity contribution is -0.130. The van der Waals surface area contributed by atoms with Gasteiger partial charge in [-0.15, -0.1) is 11.3 Å². The van der Waals surface area contributed by atoms with Crippen LogP contribution in [0.5, 0.6) is 0 Å². The van der Waals surface area contributed by atoms with Crippen LogP contribution in [0.1, 0.15) is 49.9 Å². The fraction of sp³-hybridized carbons (Fsp3) is 0.478. The SMILES string of the molecule is C[C@H](OC(=O)c1ccc(NS(=O)(=O)c2cc(Cl)sc2Cl)cc1)C(=O)N[C@@H](C)[C@@H]1C[C@H]2CC[C@H]1C2. The third kappa shape index (κ3) is 5.53. The van der Waals surface area contributed by atoms with Crippen molar-refractivity contribution in [2.75, 3.05) is 4.72 Å². The second kappa shape index (κ2) is 10.0. The maximum Gasteiger partial charge on any atom is 0.338 e. The van der Waals surface area contributed by atoms with E-state index < -0.39 is 22.1 Å². The Labute approximate surface area is 213 Å². The molecule has 1 heterocycles. The Morgan fingerprint density at radius 2 is 1.82 bits per heavy atom. The number of carbonyl (C=O) groups is 2. The second-order valence-electron chi connectivity index (χ2n) is 9.05. The quantitative estimate of drug-likeness (QED) is 0.436. The van der Waals surface area contributed by atoms with Crippen molar-refractivity contribution in [2.45, 2.75) is 56.6 Å². The first-order chi connectivity index (χ1) is 16.0. The Morgan fingerprint density at radius 1 is 1.12 bits per heavy atom. The molecule has 1 aromatic heterocycles. The van der Waals surface area contributed by atoms with Crippen molar-refractivity contribution in [3.63, 3.8) is 0 Å². The number of esters is 1. The van der Waals surface area contributed by atoms with Crippen LogP contribution in [0.15, 0.2) is 35.2 Å². The number of sulfonamides is 1. The fourth-order valence-corrected chi connectivity index (χ4v) is 8.24. The van der Waals surface area contributed by atoms with Gasteiger partial charge in [-0.2, -0.15) is 0 Å². The molecule has 7 nitrogen and oxygen atoms in total. The van der Waals surface area contributed by atoms with Crippen LogP contribution in [-0.4, -0.2) is 32.4 Å². The number of benzene rings is 1. The van der Waals surface area contributed by atoms with E-state index in [0.29, 0.717) is 11.8 Å². The summed E-state index contributed by atoms with van der Waals surface area (Å²) in [7, 11) is -3.93. The van der Waals surface area contributed by atoms with Crippen LogP contribution in [0.2, 0.25) is 8.67 Å². The molecule has 5 atom stereocenters. The monoisotopic (exact) mass is 544 g/mol. The number of halogens is 2. The van der Waals surface area contributed by atoms with E-state index >= 15 is 0 Å². The molecule has 0 saturated heterocycles. The summed E-state index contributed by atoms with van der Waals surface area (Å²) in [6.45, 7) is 3.56. The van der Waals surface area contributed by atoms with Gasteiger partial charge in [0.15, 0.2) is 6.10 Å². The van der Waals surface area contributed by atoms with Gasteiger partial charge in [-0.05, 0) is 81.2 Å². The highest BCUT2D eigenvalue weighted by Gasteiger charge is 2.42. The van der Waals surface area contributed by atoms with E-state index in [1.54, 1.807) is 6.92 Å². The number of rotatable bonds is 8. The fourth-order valence-electron chi connectivity index (χ4n) is 5.03. The molecule has 2 N–H and O–H groups in total. The van der Waals surface area contributed by atoms with Gasteiger partial charge in [-0.3, -0.25) is 9.52 Å². The first-order valence-electron chi connectivity index (χ1n) is 11.1. The molecule has 4 rings (SSSR count). The summed E-state index contributed by atoms with van der Waals surface area (Å²) in [5.74, 6) is 0.970. The second-order valence-corrected chi connectivity index (χ2v) is 13.0. The van der Waals surface area contributed by atoms with Crippen LogP contribution in [0.25, 0.3) is 0 Å². The summed E-state index contributed by atoms with van der Waals surface area (Å²) in [6, 6.07) is 7.02. The minimum atomic E-state index is -3.93.